The van der Waals surface area contributed by atoms with E-state index in [4.69, 9.17) is 4.74 Å². The first kappa shape index (κ1) is 20.7. The molecule has 2 bridgehead atoms. The Labute approximate surface area is 189 Å². The number of amides is 3. The van der Waals surface area contributed by atoms with E-state index in [0.29, 0.717) is 0 Å². The van der Waals surface area contributed by atoms with Crippen molar-refractivity contribution in [2.45, 2.75) is 113 Å². The van der Waals surface area contributed by atoms with Crippen LogP contribution in [0.3, 0.4) is 0 Å². The molecule has 5 fully saturated rings. The van der Waals surface area contributed by atoms with Crippen LogP contribution >= 0.6 is 0 Å². The second-order valence-electron chi connectivity index (χ2n) is 11.1. The second-order valence-corrected chi connectivity index (χ2v) is 11.1. The number of hydrogen-bond acceptors (Lipinski definition) is 4. The van der Waals surface area contributed by atoms with Crippen molar-refractivity contribution in [2.24, 2.45) is 11.8 Å². The summed E-state index contributed by atoms with van der Waals surface area (Å²) in [6.07, 6.45) is 15.4. The molecule has 0 radical (unpaired) electrons. The number of rotatable bonds is 5. The highest BCUT2D eigenvalue weighted by molar-refractivity contribution is 6.00. The van der Waals surface area contributed by atoms with Crippen molar-refractivity contribution in [2.75, 3.05) is 0 Å². The van der Waals surface area contributed by atoms with Gasteiger partial charge in [-0.15, -0.1) is 0 Å². The highest BCUT2D eigenvalue weighted by Crippen LogP contribution is 2.61. The lowest BCUT2D eigenvalue weighted by Crippen LogP contribution is -2.56. The minimum absolute atomic E-state index is 0.0732. The van der Waals surface area contributed by atoms with Gasteiger partial charge in [-0.3, -0.25) is 14.4 Å². The molecule has 2 N–H and O–H groups in total. The predicted octanol–water partition coefficient (Wildman–Crippen LogP) is 2.20. The van der Waals surface area contributed by atoms with Crippen molar-refractivity contribution in [1.82, 2.24) is 15.5 Å². The normalized spacial score (nSPS) is 41.3. The molecule has 1 spiro atoms. The van der Waals surface area contributed by atoms with Crippen molar-refractivity contribution in [3.8, 4) is 0 Å². The lowest BCUT2D eigenvalue weighted by molar-refractivity contribution is -0.146. The minimum Gasteiger partial charge on any atom is -0.356 e. The molecule has 0 unspecified atom stereocenters. The van der Waals surface area contributed by atoms with Gasteiger partial charge in [0.25, 0.3) is 0 Å². The Kier molecular flexibility index (Phi) is 4.73. The van der Waals surface area contributed by atoms with Crippen LogP contribution in [0.4, 0.5) is 0 Å². The van der Waals surface area contributed by atoms with Crippen LogP contribution in [0.15, 0.2) is 12.2 Å². The largest absolute Gasteiger partial charge is 0.356 e. The first-order chi connectivity index (χ1) is 15.4. The monoisotopic (exact) mass is 441 g/mol. The first-order valence-corrected chi connectivity index (χ1v) is 12.8. The SMILES string of the molecule is C[C@@]12C=C[C@@]3(O1)[C@H](C(=O)N(C1CC1)[C@@H]3C(=O)NC1CCCC1)[C@H]2C(=O)NC1CCCCC1. The summed E-state index contributed by atoms with van der Waals surface area (Å²) in [6.45, 7) is 1.91. The summed E-state index contributed by atoms with van der Waals surface area (Å²) in [5.41, 5.74) is -1.88. The van der Waals surface area contributed by atoms with Crippen LogP contribution in [0.1, 0.15) is 77.6 Å². The zero-order valence-electron chi connectivity index (χ0n) is 19.0. The van der Waals surface area contributed by atoms with Crippen LogP contribution in [-0.2, 0) is 19.1 Å². The van der Waals surface area contributed by atoms with E-state index in [9.17, 15) is 14.4 Å². The molecule has 0 aromatic heterocycles. The summed E-state index contributed by atoms with van der Waals surface area (Å²) >= 11 is 0. The molecule has 3 aliphatic carbocycles. The third-order valence-electron chi connectivity index (χ3n) is 8.86. The molecule has 6 rings (SSSR count). The number of fused-ring (bicyclic) bond motifs is 1. The van der Waals surface area contributed by atoms with Crippen molar-refractivity contribution >= 4 is 17.7 Å². The lowest BCUT2D eigenvalue weighted by Gasteiger charge is -2.34. The zero-order chi connectivity index (χ0) is 22.1. The Balaban J connectivity index is 1.31. The van der Waals surface area contributed by atoms with Crippen molar-refractivity contribution < 1.29 is 19.1 Å². The van der Waals surface area contributed by atoms with Crippen LogP contribution in [0.5, 0.6) is 0 Å². The van der Waals surface area contributed by atoms with Gasteiger partial charge in [0.15, 0.2) is 0 Å². The van der Waals surface area contributed by atoms with Crippen molar-refractivity contribution in [3.63, 3.8) is 0 Å². The summed E-state index contributed by atoms with van der Waals surface area (Å²) in [4.78, 5) is 42.7. The van der Waals surface area contributed by atoms with Gasteiger partial charge in [0.1, 0.15) is 11.6 Å². The van der Waals surface area contributed by atoms with Gasteiger partial charge in [-0.25, -0.2) is 0 Å². The van der Waals surface area contributed by atoms with Crippen LogP contribution in [0.2, 0.25) is 0 Å². The molecule has 174 valence electrons. The number of carbonyl (C=O) groups excluding carboxylic acids is 3. The number of nitrogens with one attached hydrogen (secondary N) is 2. The van der Waals surface area contributed by atoms with E-state index in [1.165, 1.54) is 6.42 Å². The molecule has 3 aliphatic heterocycles. The molecule has 3 saturated carbocycles. The fourth-order valence-electron chi connectivity index (χ4n) is 7.20. The third kappa shape index (κ3) is 2.99. The molecule has 3 amide bonds. The Morgan fingerprint density at radius 3 is 2.12 bits per heavy atom. The molecule has 7 heteroatoms. The molecule has 32 heavy (non-hydrogen) atoms. The van der Waals surface area contributed by atoms with E-state index in [1.807, 2.05) is 19.1 Å². The molecule has 0 aromatic rings. The van der Waals surface area contributed by atoms with Gasteiger partial charge in [0, 0.05) is 18.1 Å². The Morgan fingerprint density at radius 2 is 1.50 bits per heavy atom. The van der Waals surface area contributed by atoms with Crippen LogP contribution < -0.4 is 10.6 Å². The Bertz CT molecular complexity index is 857. The summed E-state index contributed by atoms with van der Waals surface area (Å²) in [6, 6.07) is -0.236. The number of nitrogens with zero attached hydrogens (tertiary/aromatic N) is 1. The fraction of sp³-hybridized carbons (Fsp3) is 0.800. The highest BCUT2D eigenvalue weighted by Gasteiger charge is 2.77. The second kappa shape index (κ2) is 7.31. The van der Waals surface area contributed by atoms with E-state index in [1.54, 1.807) is 4.90 Å². The van der Waals surface area contributed by atoms with Gasteiger partial charge in [0.2, 0.25) is 17.7 Å². The molecular weight excluding hydrogens is 406 g/mol. The number of hydrogen-bond donors (Lipinski definition) is 2. The van der Waals surface area contributed by atoms with Crippen molar-refractivity contribution in [1.29, 1.82) is 0 Å². The maximum atomic E-state index is 13.8. The quantitative estimate of drug-likeness (QED) is 0.641. The number of likely N-dealkylation sites (tertiary alicyclic amines) is 1. The van der Waals surface area contributed by atoms with Crippen LogP contribution in [-0.4, -0.2) is 58.0 Å². The highest BCUT2D eigenvalue weighted by atomic mass is 16.5. The van der Waals surface area contributed by atoms with E-state index < -0.39 is 29.1 Å². The standard InChI is InChI=1S/C25H35N3O4/c1-24-13-14-25(32-24)19(18(24)21(29)26-15-7-3-2-4-8-15)23(31)28(17-11-12-17)20(25)22(30)27-16-9-5-6-10-16/h13-20H,2-12H2,1H3,(H,26,29)(H,27,30)/t18-,19-,20+,24-,25+/m0/s1. The molecule has 7 nitrogen and oxygen atoms in total. The summed E-state index contributed by atoms with van der Waals surface area (Å²) in [7, 11) is 0. The maximum absolute atomic E-state index is 13.8. The number of ether oxygens (including phenoxy) is 1. The molecule has 3 heterocycles. The minimum atomic E-state index is -1.04. The van der Waals surface area contributed by atoms with E-state index in [2.05, 4.69) is 10.6 Å². The van der Waals surface area contributed by atoms with Crippen LogP contribution in [0.25, 0.3) is 0 Å². The fourth-order valence-corrected chi connectivity index (χ4v) is 7.20. The van der Waals surface area contributed by atoms with Crippen molar-refractivity contribution in [3.05, 3.63) is 12.2 Å². The third-order valence-corrected chi connectivity index (χ3v) is 8.86. The molecule has 2 saturated heterocycles. The summed E-state index contributed by atoms with van der Waals surface area (Å²) in [5, 5.41) is 6.46. The van der Waals surface area contributed by atoms with E-state index in [-0.39, 0.29) is 35.8 Å². The topological polar surface area (TPSA) is 87.7 Å². The molecule has 5 atom stereocenters. The van der Waals surface area contributed by atoms with E-state index >= 15 is 0 Å². The van der Waals surface area contributed by atoms with Gasteiger partial charge in [0.05, 0.1) is 17.4 Å². The first-order valence-electron chi connectivity index (χ1n) is 12.8. The number of carbonyl (C=O) groups is 3. The van der Waals surface area contributed by atoms with Gasteiger partial charge in [-0.1, -0.05) is 44.3 Å². The average molecular weight is 442 g/mol. The molecule has 6 aliphatic rings. The molecule has 0 aromatic carbocycles. The predicted molar refractivity (Wildman–Crippen MR) is 117 cm³/mol. The smallest absolute Gasteiger partial charge is 0.246 e. The Morgan fingerprint density at radius 1 is 0.906 bits per heavy atom. The maximum Gasteiger partial charge on any atom is 0.246 e. The van der Waals surface area contributed by atoms with Gasteiger partial charge in [-0.05, 0) is 45.4 Å². The average Bonchev–Trinajstić information content (AvgIpc) is 3.13. The summed E-state index contributed by atoms with van der Waals surface area (Å²) < 4.78 is 6.58. The van der Waals surface area contributed by atoms with Crippen LogP contribution in [0, 0.1) is 11.8 Å². The van der Waals surface area contributed by atoms with Gasteiger partial charge in [-0.2, -0.15) is 0 Å². The Hall–Kier alpha value is -1.89. The molecular formula is C25H35N3O4. The van der Waals surface area contributed by atoms with Gasteiger partial charge >= 0.3 is 0 Å². The van der Waals surface area contributed by atoms with Gasteiger partial charge < -0.3 is 20.3 Å². The lowest BCUT2D eigenvalue weighted by atomic mass is 9.70. The summed E-state index contributed by atoms with van der Waals surface area (Å²) in [5.74, 6) is -1.48. The van der Waals surface area contributed by atoms with E-state index in [0.717, 1.165) is 64.2 Å². The zero-order valence-corrected chi connectivity index (χ0v) is 19.0.